The van der Waals surface area contributed by atoms with Crippen molar-refractivity contribution in [2.75, 3.05) is 13.2 Å². The van der Waals surface area contributed by atoms with E-state index in [4.69, 9.17) is 4.74 Å². The van der Waals surface area contributed by atoms with Gasteiger partial charge in [0.15, 0.2) is 0 Å². The number of alkyl halides is 2. The van der Waals surface area contributed by atoms with Crippen LogP contribution in [-0.2, 0) is 36.8 Å². The minimum Gasteiger partial charge on any atom is -0.369 e. The van der Waals surface area contributed by atoms with Gasteiger partial charge in [0.25, 0.3) is 0 Å². The van der Waals surface area contributed by atoms with Crippen molar-refractivity contribution in [3.05, 3.63) is 39.3 Å². The molecule has 4 rings (SSSR count). The van der Waals surface area contributed by atoms with Gasteiger partial charge in [-0.3, -0.25) is 9.58 Å². The number of fused-ring (bicyclic) bond motifs is 2. The van der Waals surface area contributed by atoms with Gasteiger partial charge in [-0.25, -0.2) is 8.78 Å². The van der Waals surface area contributed by atoms with Crippen molar-refractivity contribution in [3.8, 4) is 0 Å². The first-order valence-corrected chi connectivity index (χ1v) is 10.0. The van der Waals surface area contributed by atoms with Crippen molar-refractivity contribution in [1.29, 1.82) is 0 Å². The summed E-state index contributed by atoms with van der Waals surface area (Å²) >= 11 is 1.54. The van der Waals surface area contributed by atoms with E-state index in [-0.39, 0.29) is 12.0 Å². The maximum atomic E-state index is 12.8. The quantitative estimate of drug-likeness (QED) is 0.808. The topological polar surface area (TPSA) is 30.3 Å². The van der Waals surface area contributed by atoms with Crippen molar-refractivity contribution < 1.29 is 13.5 Å². The molecule has 2 aliphatic heterocycles. The molecular weight excluding hydrogens is 356 g/mol. The smallest absolute Gasteiger partial charge is 0.243 e. The zero-order chi connectivity index (χ0) is 18.3. The summed E-state index contributed by atoms with van der Waals surface area (Å²) < 4.78 is 33.8. The van der Waals surface area contributed by atoms with Crippen LogP contribution in [0.3, 0.4) is 0 Å². The number of hydrogen-bond acceptors (Lipinski definition) is 4. The van der Waals surface area contributed by atoms with Crippen LogP contribution in [-0.4, -0.2) is 40.3 Å². The Morgan fingerprint density at radius 3 is 3.00 bits per heavy atom. The monoisotopic (exact) mass is 381 g/mol. The first kappa shape index (κ1) is 18.1. The molecule has 1 saturated heterocycles. The summed E-state index contributed by atoms with van der Waals surface area (Å²) in [5.74, 6) is 0. The van der Waals surface area contributed by atoms with Crippen LogP contribution in [0.1, 0.15) is 40.8 Å². The van der Waals surface area contributed by atoms with Crippen LogP contribution in [0.25, 0.3) is 0 Å². The molecule has 0 amide bonds. The summed E-state index contributed by atoms with van der Waals surface area (Å²) in [6.45, 7) is 4.74. The minimum atomic E-state index is -2.29. The number of thiophene rings is 1. The van der Waals surface area contributed by atoms with Crippen LogP contribution in [0.2, 0.25) is 0 Å². The van der Waals surface area contributed by atoms with Gasteiger partial charge in [-0.2, -0.15) is 5.10 Å². The number of likely N-dealkylation sites (tertiary alicyclic amines) is 1. The normalized spacial score (nSPS) is 26.6. The van der Waals surface area contributed by atoms with Crippen LogP contribution < -0.4 is 0 Å². The fraction of sp³-hybridized carbons (Fsp3) is 0.632. The van der Waals surface area contributed by atoms with Crippen molar-refractivity contribution in [1.82, 2.24) is 14.7 Å². The molecule has 2 aromatic heterocycles. The third-order valence-corrected chi connectivity index (χ3v) is 7.10. The fourth-order valence-electron chi connectivity index (χ4n) is 4.32. The summed E-state index contributed by atoms with van der Waals surface area (Å²) in [6.07, 6.45) is 2.06. The Hall–Kier alpha value is -1.31. The van der Waals surface area contributed by atoms with Crippen molar-refractivity contribution in [2.24, 2.45) is 7.05 Å². The van der Waals surface area contributed by atoms with E-state index < -0.39 is 6.43 Å². The van der Waals surface area contributed by atoms with Gasteiger partial charge in [0, 0.05) is 48.6 Å². The van der Waals surface area contributed by atoms with E-state index in [1.807, 2.05) is 24.0 Å². The molecule has 0 saturated carbocycles. The average Bonchev–Trinajstić information content (AvgIpc) is 3.17. The molecule has 1 fully saturated rings. The Morgan fingerprint density at radius 2 is 2.31 bits per heavy atom. The molecule has 2 aliphatic rings. The Bertz CT molecular complexity index is 775. The van der Waals surface area contributed by atoms with Gasteiger partial charge in [-0.15, -0.1) is 11.3 Å². The van der Waals surface area contributed by atoms with E-state index in [0.717, 1.165) is 37.2 Å². The van der Waals surface area contributed by atoms with Gasteiger partial charge < -0.3 is 4.74 Å². The number of nitrogens with zero attached hydrogens (tertiary/aromatic N) is 3. The first-order chi connectivity index (χ1) is 12.5. The number of piperidine rings is 1. The zero-order valence-corrected chi connectivity index (χ0v) is 16.1. The number of aromatic nitrogens is 2. The molecule has 4 nitrogen and oxygen atoms in total. The van der Waals surface area contributed by atoms with Crippen LogP contribution in [0.15, 0.2) is 18.3 Å². The highest BCUT2D eigenvalue weighted by Crippen LogP contribution is 2.47. The SMILES string of the molecule is C[C@H]1C[C@@]2(CCN1Cc1ccnn1C)OCCc1cc(CC(F)F)sc12. The standard InChI is InChI=1S/C19H25F2N3OS/c1-13-11-19(5-7-24(13)12-15-3-6-22-23(15)2)18-14(4-8-25-19)9-16(26-18)10-17(20)21/h3,6,9,13,17H,4-5,7-8,10-12H2,1-2H3/t13-,19+/m0/s1. The van der Waals surface area contributed by atoms with Gasteiger partial charge in [0.1, 0.15) is 5.60 Å². The second kappa shape index (κ2) is 7.02. The van der Waals surface area contributed by atoms with Gasteiger partial charge in [-0.05, 0) is 43.9 Å². The zero-order valence-electron chi connectivity index (χ0n) is 15.3. The summed E-state index contributed by atoms with van der Waals surface area (Å²) in [6, 6.07) is 4.41. The molecule has 142 valence electrons. The number of ether oxygens (including phenoxy) is 1. The summed E-state index contributed by atoms with van der Waals surface area (Å²) in [5.41, 5.74) is 2.14. The van der Waals surface area contributed by atoms with Gasteiger partial charge in [0.2, 0.25) is 6.43 Å². The maximum Gasteiger partial charge on any atom is 0.243 e. The first-order valence-electron chi connectivity index (χ1n) is 9.22. The highest BCUT2D eigenvalue weighted by molar-refractivity contribution is 7.12. The van der Waals surface area contributed by atoms with E-state index in [9.17, 15) is 8.78 Å². The number of hydrogen-bond donors (Lipinski definition) is 0. The summed E-state index contributed by atoms with van der Waals surface area (Å²) in [7, 11) is 1.97. The molecule has 26 heavy (non-hydrogen) atoms. The molecule has 0 aliphatic carbocycles. The lowest BCUT2D eigenvalue weighted by atomic mass is 9.82. The molecule has 2 aromatic rings. The Balaban J connectivity index is 1.53. The van der Waals surface area contributed by atoms with Gasteiger partial charge in [-0.1, -0.05) is 0 Å². The van der Waals surface area contributed by atoms with Crippen molar-refractivity contribution >= 4 is 11.3 Å². The number of halogens is 2. The number of rotatable bonds is 4. The highest BCUT2D eigenvalue weighted by Gasteiger charge is 2.45. The molecular formula is C19H25F2N3OS. The van der Waals surface area contributed by atoms with Gasteiger partial charge >= 0.3 is 0 Å². The minimum absolute atomic E-state index is 0.143. The average molecular weight is 381 g/mol. The van der Waals surface area contributed by atoms with Crippen LogP contribution in [0.4, 0.5) is 8.78 Å². The Labute approximate surface area is 156 Å². The fourth-order valence-corrected chi connectivity index (χ4v) is 5.72. The largest absolute Gasteiger partial charge is 0.369 e. The van der Waals surface area contributed by atoms with E-state index >= 15 is 0 Å². The van der Waals surface area contributed by atoms with Crippen molar-refractivity contribution in [3.63, 3.8) is 0 Å². The highest BCUT2D eigenvalue weighted by atomic mass is 32.1. The van der Waals surface area contributed by atoms with E-state index in [0.29, 0.717) is 12.6 Å². The third-order valence-electron chi connectivity index (χ3n) is 5.72. The molecule has 0 N–H and O–H groups in total. The second-order valence-corrected chi connectivity index (χ2v) is 8.61. The Kier molecular flexibility index (Phi) is 4.88. The molecule has 2 atom stereocenters. The molecule has 4 heterocycles. The van der Waals surface area contributed by atoms with Crippen LogP contribution in [0.5, 0.6) is 0 Å². The molecule has 0 aromatic carbocycles. The maximum absolute atomic E-state index is 12.8. The van der Waals surface area contributed by atoms with Crippen LogP contribution >= 0.6 is 11.3 Å². The van der Waals surface area contributed by atoms with E-state index in [1.54, 1.807) is 11.3 Å². The molecule has 1 spiro atoms. The van der Waals surface area contributed by atoms with E-state index in [1.165, 1.54) is 16.1 Å². The van der Waals surface area contributed by atoms with Gasteiger partial charge in [0.05, 0.1) is 12.3 Å². The van der Waals surface area contributed by atoms with Crippen molar-refractivity contribution in [2.45, 2.75) is 57.2 Å². The lowest BCUT2D eigenvalue weighted by molar-refractivity contribution is -0.110. The predicted octanol–water partition coefficient (Wildman–Crippen LogP) is 3.74. The molecule has 7 heteroatoms. The molecule has 0 bridgehead atoms. The molecule has 0 unspecified atom stereocenters. The lowest BCUT2D eigenvalue weighted by Gasteiger charge is -2.47. The Morgan fingerprint density at radius 1 is 1.46 bits per heavy atom. The lowest BCUT2D eigenvalue weighted by Crippen LogP contribution is -2.50. The predicted molar refractivity (Wildman–Crippen MR) is 97.7 cm³/mol. The summed E-state index contributed by atoms with van der Waals surface area (Å²) in [5, 5.41) is 4.25. The molecule has 0 radical (unpaired) electrons. The number of aryl methyl sites for hydroxylation is 1. The van der Waals surface area contributed by atoms with Crippen LogP contribution in [0, 0.1) is 0 Å². The second-order valence-electron chi connectivity index (χ2n) is 7.47. The third kappa shape index (κ3) is 3.32. The van der Waals surface area contributed by atoms with E-state index in [2.05, 4.69) is 23.0 Å². The summed E-state index contributed by atoms with van der Waals surface area (Å²) in [4.78, 5) is 4.46.